The molecule has 1 aliphatic heterocycles. The zero-order chi connectivity index (χ0) is 6.69. The van der Waals surface area contributed by atoms with Gasteiger partial charge in [-0.3, -0.25) is 0 Å². The highest BCUT2D eigenvalue weighted by molar-refractivity contribution is 7.80. The zero-order valence-electron chi connectivity index (χ0n) is 4.86. The van der Waals surface area contributed by atoms with Gasteiger partial charge in [-0.2, -0.15) is 0 Å². The molecule has 0 aromatic rings. The van der Waals surface area contributed by atoms with Crippen molar-refractivity contribution >= 4 is 18.9 Å². The van der Waals surface area contributed by atoms with Crippen molar-refractivity contribution in [3.8, 4) is 0 Å². The maximum absolute atomic E-state index is 10.2. The maximum atomic E-state index is 10.2. The number of hydrogen-bond donors (Lipinski definition) is 1. The summed E-state index contributed by atoms with van der Waals surface area (Å²) in [6.07, 6.45) is 4.48. The van der Waals surface area contributed by atoms with Crippen molar-refractivity contribution in [3.63, 3.8) is 0 Å². The summed E-state index contributed by atoms with van der Waals surface area (Å²) in [5.74, 6) is -0.165. The first-order valence-electron chi connectivity index (χ1n) is 2.76. The maximum Gasteiger partial charge on any atom is 0.130 e. The summed E-state index contributed by atoms with van der Waals surface area (Å²) < 4.78 is 5.03. The highest BCUT2D eigenvalue weighted by Gasteiger charge is 2.16. The summed E-state index contributed by atoms with van der Waals surface area (Å²) in [5, 5.41) is 0. The van der Waals surface area contributed by atoms with E-state index in [0.29, 0.717) is 6.61 Å². The van der Waals surface area contributed by atoms with E-state index in [-0.39, 0.29) is 11.4 Å². The van der Waals surface area contributed by atoms with E-state index in [1.165, 1.54) is 0 Å². The zero-order valence-corrected chi connectivity index (χ0v) is 5.75. The van der Waals surface area contributed by atoms with Crippen LogP contribution in [0.1, 0.15) is 0 Å². The molecule has 0 saturated heterocycles. The predicted molar refractivity (Wildman–Crippen MR) is 37.4 cm³/mol. The van der Waals surface area contributed by atoms with Gasteiger partial charge in [0.25, 0.3) is 0 Å². The molecule has 2 unspecified atom stereocenters. The van der Waals surface area contributed by atoms with Gasteiger partial charge in [-0.25, -0.2) is 0 Å². The van der Waals surface area contributed by atoms with Crippen molar-refractivity contribution < 1.29 is 9.53 Å². The fourth-order valence-electron chi connectivity index (χ4n) is 0.686. The SMILES string of the molecule is O=CC1C=CCOC1S. The molecular formula is C6H8O2S. The van der Waals surface area contributed by atoms with Gasteiger partial charge < -0.3 is 9.53 Å². The standard InChI is InChI=1S/C6H8O2S/c7-4-5-2-1-3-8-6(5)9/h1-2,4-6,9H,3H2. The number of carbonyl (C=O) groups excluding carboxylic acids is 1. The van der Waals surface area contributed by atoms with Crippen LogP contribution in [-0.4, -0.2) is 18.3 Å². The van der Waals surface area contributed by atoms with Gasteiger partial charge in [0.05, 0.1) is 12.5 Å². The van der Waals surface area contributed by atoms with Crippen molar-refractivity contribution in [1.82, 2.24) is 0 Å². The van der Waals surface area contributed by atoms with Crippen LogP contribution in [0.4, 0.5) is 0 Å². The van der Waals surface area contributed by atoms with Crippen LogP contribution < -0.4 is 0 Å². The van der Waals surface area contributed by atoms with Gasteiger partial charge in [0.2, 0.25) is 0 Å². The average molecular weight is 144 g/mol. The minimum Gasteiger partial charge on any atom is -0.363 e. The van der Waals surface area contributed by atoms with E-state index in [9.17, 15) is 4.79 Å². The van der Waals surface area contributed by atoms with Crippen molar-refractivity contribution in [3.05, 3.63) is 12.2 Å². The second-order valence-corrected chi connectivity index (χ2v) is 2.37. The fraction of sp³-hybridized carbons (Fsp3) is 0.500. The summed E-state index contributed by atoms with van der Waals surface area (Å²) in [7, 11) is 0. The second kappa shape index (κ2) is 3.03. The third-order valence-electron chi connectivity index (χ3n) is 1.21. The highest BCUT2D eigenvalue weighted by Crippen LogP contribution is 2.14. The minimum absolute atomic E-state index is 0.165. The van der Waals surface area contributed by atoms with Crippen LogP contribution in [0, 0.1) is 5.92 Å². The first-order chi connectivity index (χ1) is 4.34. The first-order valence-corrected chi connectivity index (χ1v) is 3.28. The Bertz CT molecular complexity index is 133. The molecule has 1 aliphatic rings. The van der Waals surface area contributed by atoms with Crippen LogP contribution in [0.2, 0.25) is 0 Å². The third kappa shape index (κ3) is 1.56. The Morgan fingerprint density at radius 2 is 2.56 bits per heavy atom. The van der Waals surface area contributed by atoms with Crippen LogP contribution in [0.15, 0.2) is 12.2 Å². The molecule has 0 saturated carbocycles. The Morgan fingerprint density at radius 1 is 1.78 bits per heavy atom. The molecular weight excluding hydrogens is 136 g/mol. The second-order valence-electron chi connectivity index (χ2n) is 1.87. The lowest BCUT2D eigenvalue weighted by atomic mass is 10.1. The first kappa shape index (κ1) is 6.83. The highest BCUT2D eigenvalue weighted by atomic mass is 32.1. The molecule has 0 fully saturated rings. The summed E-state index contributed by atoms with van der Waals surface area (Å²) in [6, 6.07) is 0. The van der Waals surface area contributed by atoms with Gasteiger partial charge in [0.1, 0.15) is 11.7 Å². The van der Waals surface area contributed by atoms with Gasteiger partial charge in [0, 0.05) is 0 Å². The van der Waals surface area contributed by atoms with Crippen molar-refractivity contribution in [1.29, 1.82) is 0 Å². The normalized spacial score (nSPS) is 34.3. The monoisotopic (exact) mass is 144 g/mol. The van der Waals surface area contributed by atoms with E-state index in [4.69, 9.17) is 4.74 Å². The van der Waals surface area contributed by atoms with E-state index >= 15 is 0 Å². The van der Waals surface area contributed by atoms with Gasteiger partial charge in [-0.15, -0.1) is 12.6 Å². The number of thiol groups is 1. The molecule has 2 nitrogen and oxygen atoms in total. The van der Waals surface area contributed by atoms with E-state index in [0.717, 1.165) is 6.29 Å². The van der Waals surface area contributed by atoms with Crippen molar-refractivity contribution in [2.24, 2.45) is 5.92 Å². The molecule has 50 valence electrons. The summed E-state index contributed by atoms with van der Waals surface area (Å²) in [5.41, 5.74) is -0.243. The number of rotatable bonds is 1. The molecule has 0 aromatic carbocycles. The molecule has 1 rings (SSSR count). The lowest BCUT2D eigenvalue weighted by Gasteiger charge is -2.18. The molecule has 0 aromatic heterocycles. The number of carbonyl (C=O) groups is 1. The fourth-order valence-corrected chi connectivity index (χ4v) is 0.941. The van der Waals surface area contributed by atoms with Crippen LogP contribution in [0.3, 0.4) is 0 Å². The van der Waals surface area contributed by atoms with Gasteiger partial charge in [-0.1, -0.05) is 12.2 Å². The topological polar surface area (TPSA) is 26.3 Å². The molecule has 0 amide bonds. The lowest BCUT2D eigenvalue weighted by molar-refractivity contribution is -0.112. The third-order valence-corrected chi connectivity index (χ3v) is 1.70. The average Bonchev–Trinajstić information content (AvgIpc) is 1.89. The Morgan fingerprint density at radius 3 is 3.00 bits per heavy atom. The molecule has 2 atom stereocenters. The Hall–Kier alpha value is -0.280. The molecule has 9 heavy (non-hydrogen) atoms. The Balaban J connectivity index is 2.56. The molecule has 0 N–H and O–H groups in total. The molecule has 0 spiro atoms. The summed E-state index contributed by atoms with van der Waals surface area (Å²) >= 11 is 4.03. The molecule has 0 bridgehead atoms. The molecule has 0 aliphatic carbocycles. The van der Waals surface area contributed by atoms with E-state index in [1.807, 2.05) is 12.2 Å². The smallest absolute Gasteiger partial charge is 0.130 e. The van der Waals surface area contributed by atoms with Crippen LogP contribution in [0.5, 0.6) is 0 Å². The summed E-state index contributed by atoms with van der Waals surface area (Å²) in [4.78, 5) is 10.2. The van der Waals surface area contributed by atoms with Crippen molar-refractivity contribution in [2.45, 2.75) is 5.44 Å². The molecule has 1 heterocycles. The van der Waals surface area contributed by atoms with Crippen LogP contribution >= 0.6 is 12.6 Å². The predicted octanol–water partition coefficient (Wildman–Crippen LogP) is 0.644. The number of ether oxygens (including phenoxy) is 1. The van der Waals surface area contributed by atoms with Crippen LogP contribution in [0.25, 0.3) is 0 Å². The van der Waals surface area contributed by atoms with Crippen molar-refractivity contribution in [2.75, 3.05) is 6.61 Å². The number of aldehydes is 1. The van der Waals surface area contributed by atoms with Gasteiger partial charge in [-0.05, 0) is 0 Å². The summed E-state index contributed by atoms with van der Waals surface area (Å²) in [6.45, 7) is 0.568. The Labute approximate surface area is 59.3 Å². The van der Waals surface area contributed by atoms with E-state index < -0.39 is 0 Å². The van der Waals surface area contributed by atoms with Gasteiger partial charge in [0.15, 0.2) is 0 Å². The largest absolute Gasteiger partial charge is 0.363 e. The molecule has 0 radical (unpaired) electrons. The molecule has 3 heteroatoms. The lowest BCUT2D eigenvalue weighted by Crippen LogP contribution is -2.21. The quantitative estimate of drug-likeness (QED) is 0.332. The van der Waals surface area contributed by atoms with Crippen LogP contribution in [-0.2, 0) is 9.53 Å². The number of hydrogen-bond acceptors (Lipinski definition) is 3. The van der Waals surface area contributed by atoms with E-state index in [2.05, 4.69) is 12.6 Å². The Kier molecular flexibility index (Phi) is 2.30. The van der Waals surface area contributed by atoms with E-state index in [1.54, 1.807) is 0 Å². The van der Waals surface area contributed by atoms with Gasteiger partial charge >= 0.3 is 0 Å². The minimum atomic E-state index is -0.243.